The van der Waals surface area contributed by atoms with E-state index in [1.54, 1.807) is 30.9 Å². The van der Waals surface area contributed by atoms with Crippen LogP contribution in [0.2, 0.25) is 0 Å². The number of ether oxygens (including phenoxy) is 1. The highest BCUT2D eigenvalue weighted by Gasteiger charge is 2.32. The zero-order valence-electron chi connectivity index (χ0n) is 16.6. The molecule has 1 aromatic rings. The van der Waals surface area contributed by atoms with E-state index in [-0.39, 0.29) is 23.8 Å². The highest BCUT2D eigenvalue weighted by molar-refractivity contribution is 5.90. The summed E-state index contributed by atoms with van der Waals surface area (Å²) in [6, 6.07) is 4.39. The fraction of sp³-hybridized carbons (Fsp3) is 0.600. The summed E-state index contributed by atoms with van der Waals surface area (Å²) < 4.78 is 19.0. The third-order valence-electron chi connectivity index (χ3n) is 5.57. The first-order valence-corrected chi connectivity index (χ1v) is 9.84. The van der Waals surface area contributed by atoms with Gasteiger partial charge < -0.3 is 19.9 Å². The number of amides is 3. The SMILES string of the molecule is CC(=O)N(CCN1CCOCC1)C1CCN(C(=O)Nc2cccc(F)c2C)C1. The molecule has 1 N–H and O–H groups in total. The van der Waals surface area contributed by atoms with E-state index in [9.17, 15) is 14.0 Å². The van der Waals surface area contributed by atoms with Gasteiger partial charge in [0.2, 0.25) is 5.91 Å². The van der Waals surface area contributed by atoms with Crippen molar-refractivity contribution in [1.29, 1.82) is 0 Å². The van der Waals surface area contributed by atoms with Crippen molar-refractivity contribution < 1.29 is 18.7 Å². The molecule has 2 fully saturated rings. The standard InChI is InChI=1S/C20H29FN4O3/c1-15-18(21)4-3-5-19(15)22-20(27)24-7-6-17(14-24)25(16(2)26)9-8-23-10-12-28-13-11-23/h3-5,17H,6-14H2,1-2H3,(H,22,27). The molecule has 0 saturated carbocycles. The molecular weight excluding hydrogens is 363 g/mol. The minimum atomic E-state index is -0.344. The van der Waals surface area contributed by atoms with E-state index in [2.05, 4.69) is 10.2 Å². The van der Waals surface area contributed by atoms with Crippen molar-refractivity contribution in [1.82, 2.24) is 14.7 Å². The Morgan fingerprint density at radius 2 is 2.04 bits per heavy atom. The number of urea groups is 1. The summed E-state index contributed by atoms with van der Waals surface area (Å²) in [7, 11) is 0. The summed E-state index contributed by atoms with van der Waals surface area (Å²) in [5, 5.41) is 2.79. The summed E-state index contributed by atoms with van der Waals surface area (Å²) in [6.45, 7) is 8.99. The highest BCUT2D eigenvalue weighted by atomic mass is 19.1. The monoisotopic (exact) mass is 392 g/mol. The lowest BCUT2D eigenvalue weighted by atomic mass is 10.2. The van der Waals surface area contributed by atoms with Gasteiger partial charge in [-0.2, -0.15) is 0 Å². The number of anilines is 1. The first-order valence-electron chi connectivity index (χ1n) is 9.84. The van der Waals surface area contributed by atoms with Crippen LogP contribution in [0.5, 0.6) is 0 Å². The van der Waals surface area contributed by atoms with Gasteiger partial charge in [-0.05, 0) is 25.5 Å². The minimum Gasteiger partial charge on any atom is -0.379 e. The van der Waals surface area contributed by atoms with Gasteiger partial charge in [0, 0.05) is 57.4 Å². The first-order chi connectivity index (χ1) is 13.5. The predicted octanol–water partition coefficient (Wildman–Crippen LogP) is 1.92. The lowest BCUT2D eigenvalue weighted by Crippen LogP contribution is -2.47. The molecule has 3 amide bonds. The van der Waals surface area contributed by atoms with Gasteiger partial charge in [0.25, 0.3) is 0 Å². The highest BCUT2D eigenvalue weighted by Crippen LogP contribution is 2.21. The van der Waals surface area contributed by atoms with Gasteiger partial charge in [-0.1, -0.05) is 6.07 Å². The van der Waals surface area contributed by atoms with Crippen LogP contribution in [0.1, 0.15) is 18.9 Å². The van der Waals surface area contributed by atoms with Crippen molar-refractivity contribution in [3.05, 3.63) is 29.6 Å². The Morgan fingerprint density at radius 1 is 1.29 bits per heavy atom. The normalized spacial score (nSPS) is 20.2. The lowest BCUT2D eigenvalue weighted by Gasteiger charge is -2.32. The number of likely N-dealkylation sites (tertiary alicyclic amines) is 1. The second-order valence-corrected chi connectivity index (χ2v) is 7.40. The van der Waals surface area contributed by atoms with Gasteiger partial charge in [-0.3, -0.25) is 9.69 Å². The van der Waals surface area contributed by atoms with Gasteiger partial charge >= 0.3 is 6.03 Å². The zero-order chi connectivity index (χ0) is 20.1. The number of hydrogen-bond donors (Lipinski definition) is 1. The second kappa shape index (κ2) is 9.34. The number of nitrogens with one attached hydrogen (secondary N) is 1. The van der Waals surface area contributed by atoms with E-state index < -0.39 is 0 Å². The summed E-state index contributed by atoms with van der Waals surface area (Å²) >= 11 is 0. The largest absolute Gasteiger partial charge is 0.379 e. The molecule has 28 heavy (non-hydrogen) atoms. The van der Waals surface area contributed by atoms with Crippen LogP contribution >= 0.6 is 0 Å². The van der Waals surface area contributed by atoms with Crippen molar-refractivity contribution in [2.45, 2.75) is 26.3 Å². The third kappa shape index (κ3) is 4.99. The molecule has 0 aliphatic carbocycles. The lowest BCUT2D eigenvalue weighted by molar-refractivity contribution is -0.131. The average Bonchev–Trinajstić information content (AvgIpc) is 3.16. The van der Waals surface area contributed by atoms with E-state index in [0.29, 0.717) is 30.9 Å². The topological polar surface area (TPSA) is 65.1 Å². The van der Waals surface area contributed by atoms with Crippen LogP contribution in [0.4, 0.5) is 14.9 Å². The Bertz CT molecular complexity index is 709. The Kier molecular flexibility index (Phi) is 6.85. The molecule has 7 nitrogen and oxygen atoms in total. The molecule has 1 atom stereocenters. The number of benzene rings is 1. The maximum atomic E-state index is 13.7. The number of carbonyl (C=O) groups excluding carboxylic acids is 2. The van der Waals surface area contributed by atoms with Gasteiger partial charge in [0.05, 0.1) is 19.3 Å². The number of rotatable bonds is 5. The van der Waals surface area contributed by atoms with Crippen molar-refractivity contribution in [2.24, 2.45) is 0 Å². The number of nitrogens with zero attached hydrogens (tertiary/aromatic N) is 3. The molecular formula is C20H29FN4O3. The molecule has 154 valence electrons. The predicted molar refractivity (Wildman–Crippen MR) is 105 cm³/mol. The van der Waals surface area contributed by atoms with Crippen molar-refractivity contribution in [3.63, 3.8) is 0 Å². The maximum absolute atomic E-state index is 13.7. The molecule has 0 aromatic heterocycles. The molecule has 2 aliphatic heterocycles. The van der Waals surface area contributed by atoms with E-state index >= 15 is 0 Å². The van der Waals surface area contributed by atoms with Gasteiger partial charge in [0.1, 0.15) is 5.82 Å². The maximum Gasteiger partial charge on any atom is 0.321 e. The van der Waals surface area contributed by atoms with Crippen molar-refractivity contribution in [3.8, 4) is 0 Å². The molecule has 8 heteroatoms. The molecule has 0 spiro atoms. The smallest absolute Gasteiger partial charge is 0.321 e. The molecule has 2 saturated heterocycles. The van der Waals surface area contributed by atoms with E-state index in [1.165, 1.54) is 6.07 Å². The summed E-state index contributed by atoms with van der Waals surface area (Å²) in [6.07, 6.45) is 0.748. The van der Waals surface area contributed by atoms with Gasteiger partial charge in [-0.25, -0.2) is 9.18 Å². The number of carbonyl (C=O) groups is 2. The number of hydrogen-bond acceptors (Lipinski definition) is 4. The molecule has 1 unspecified atom stereocenters. The molecule has 2 heterocycles. The molecule has 2 aliphatic rings. The average molecular weight is 392 g/mol. The summed E-state index contributed by atoms with van der Waals surface area (Å²) in [4.78, 5) is 30.6. The quantitative estimate of drug-likeness (QED) is 0.832. The van der Waals surface area contributed by atoms with Crippen LogP contribution in [0.15, 0.2) is 18.2 Å². The van der Waals surface area contributed by atoms with Crippen LogP contribution in [0.25, 0.3) is 0 Å². The van der Waals surface area contributed by atoms with Gasteiger partial charge in [-0.15, -0.1) is 0 Å². The van der Waals surface area contributed by atoms with Crippen molar-refractivity contribution >= 4 is 17.6 Å². The molecule has 3 rings (SSSR count). The fourth-order valence-corrected chi connectivity index (χ4v) is 3.79. The fourth-order valence-electron chi connectivity index (χ4n) is 3.79. The number of morpholine rings is 1. The van der Waals surface area contributed by atoms with Crippen molar-refractivity contribution in [2.75, 3.05) is 57.8 Å². The Hall–Kier alpha value is -2.19. The second-order valence-electron chi connectivity index (χ2n) is 7.40. The van der Waals surface area contributed by atoms with Crippen LogP contribution in [-0.4, -0.2) is 85.2 Å². The first kappa shape index (κ1) is 20.5. The zero-order valence-corrected chi connectivity index (χ0v) is 16.6. The number of halogens is 1. The van der Waals surface area contributed by atoms with Crippen LogP contribution in [0.3, 0.4) is 0 Å². The Morgan fingerprint density at radius 3 is 2.75 bits per heavy atom. The summed E-state index contributed by atoms with van der Waals surface area (Å²) in [5.41, 5.74) is 0.895. The van der Waals surface area contributed by atoms with Crippen LogP contribution in [0, 0.1) is 12.7 Å². The molecule has 0 radical (unpaired) electrons. The summed E-state index contributed by atoms with van der Waals surface area (Å²) in [5.74, 6) is -0.315. The van der Waals surface area contributed by atoms with E-state index in [0.717, 1.165) is 39.3 Å². The Balaban J connectivity index is 1.55. The molecule has 1 aromatic carbocycles. The van der Waals surface area contributed by atoms with E-state index in [4.69, 9.17) is 4.74 Å². The third-order valence-corrected chi connectivity index (χ3v) is 5.57. The molecule has 0 bridgehead atoms. The van der Waals surface area contributed by atoms with Crippen LogP contribution < -0.4 is 5.32 Å². The van der Waals surface area contributed by atoms with E-state index in [1.807, 2.05) is 4.90 Å². The Labute approximate surface area is 165 Å². The van der Waals surface area contributed by atoms with Crippen LogP contribution in [-0.2, 0) is 9.53 Å². The van der Waals surface area contributed by atoms with Gasteiger partial charge in [0.15, 0.2) is 0 Å². The minimum absolute atomic E-state index is 0.0119.